The third-order valence-electron chi connectivity index (χ3n) is 3.18. The molecular formula is C12H20F3N3O3. The molecular weight excluding hydrogens is 291 g/mol. The highest BCUT2D eigenvalue weighted by molar-refractivity contribution is 5.83. The Hall–Kier alpha value is -1.35. The fourth-order valence-corrected chi connectivity index (χ4v) is 2.13. The van der Waals surface area contributed by atoms with Crippen molar-refractivity contribution >= 4 is 11.9 Å². The molecule has 1 saturated heterocycles. The normalized spacial score (nSPS) is 21.7. The van der Waals surface area contributed by atoms with Gasteiger partial charge in [0, 0.05) is 19.6 Å². The maximum absolute atomic E-state index is 12.1. The highest BCUT2D eigenvalue weighted by Crippen LogP contribution is 2.14. The number of amides is 1. The molecule has 1 rings (SSSR count). The van der Waals surface area contributed by atoms with E-state index in [0.717, 1.165) is 0 Å². The fraction of sp³-hybridized carbons (Fsp3) is 0.833. The van der Waals surface area contributed by atoms with Gasteiger partial charge in [-0.3, -0.25) is 14.5 Å². The summed E-state index contributed by atoms with van der Waals surface area (Å²) in [5.74, 6) is -1.25. The standard InChI is InChI=1S/C12H20F3N3O3/c1-3-21-11(20)9-6-16-4-5-18(9)8(2)10(19)17-7-12(13,14)15/h8-9,16H,3-7H2,1-2H3,(H,17,19). The summed E-state index contributed by atoms with van der Waals surface area (Å²) in [5.41, 5.74) is 0. The number of esters is 1. The quantitative estimate of drug-likeness (QED) is 0.693. The lowest BCUT2D eigenvalue weighted by Gasteiger charge is -2.37. The number of alkyl halides is 3. The van der Waals surface area contributed by atoms with Gasteiger partial charge in [-0.1, -0.05) is 0 Å². The molecule has 1 fully saturated rings. The van der Waals surface area contributed by atoms with E-state index in [0.29, 0.717) is 19.6 Å². The summed E-state index contributed by atoms with van der Waals surface area (Å²) in [4.78, 5) is 25.2. The largest absolute Gasteiger partial charge is 0.465 e. The predicted molar refractivity (Wildman–Crippen MR) is 68.5 cm³/mol. The number of rotatable bonds is 5. The van der Waals surface area contributed by atoms with E-state index >= 15 is 0 Å². The van der Waals surface area contributed by atoms with E-state index in [2.05, 4.69) is 5.32 Å². The first kappa shape index (κ1) is 17.7. The van der Waals surface area contributed by atoms with Crippen LogP contribution in [0.3, 0.4) is 0 Å². The van der Waals surface area contributed by atoms with Gasteiger partial charge >= 0.3 is 12.1 Å². The van der Waals surface area contributed by atoms with Crippen LogP contribution in [-0.2, 0) is 14.3 Å². The Labute approximate surface area is 121 Å². The van der Waals surface area contributed by atoms with E-state index in [1.807, 2.05) is 5.32 Å². The van der Waals surface area contributed by atoms with E-state index in [1.54, 1.807) is 11.8 Å². The Morgan fingerprint density at radius 2 is 2.14 bits per heavy atom. The van der Waals surface area contributed by atoms with Crippen LogP contribution in [0.5, 0.6) is 0 Å². The lowest BCUT2D eigenvalue weighted by atomic mass is 10.1. The molecule has 1 aliphatic heterocycles. The van der Waals surface area contributed by atoms with Crippen LogP contribution in [0.1, 0.15) is 13.8 Å². The molecule has 0 bridgehead atoms. The van der Waals surface area contributed by atoms with Gasteiger partial charge in [-0.25, -0.2) is 0 Å². The first-order chi connectivity index (χ1) is 9.76. The van der Waals surface area contributed by atoms with Gasteiger partial charge in [0.05, 0.1) is 12.6 Å². The summed E-state index contributed by atoms with van der Waals surface area (Å²) in [6.45, 7) is 3.19. The molecule has 1 amide bonds. The van der Waals surface area contributed by atoms with Crippen LogP contribution in [-0.4, -0.2) is 67.8 Å². The van der Waals surface area contributed by atoms with Crippen molar-refractivity contribution in [2.45, 2.75) is 32.1 Å². The van der Waals surface area contributed by atoms with Crippen LogP contribution in [0.4, 0.5) is 13.2 Å². The maximum atomic E-state index is 12.1. The van der Waals surface area contributed by atoms with Crippen molar-refractivity contribution in [3.05, 3.63) is 0 Å². The number of carbonyl (C=O) groups excluding carboxylic acids is 2. The number of halogens is 3. The predicted octanol–water partition coefficient (Wildman–Crippen LogP) is -0.110. The second-order valence-electron chi connectivity index (χ2n) is 4.72. The average Bonchev–Trinajstić information content (AvgIpc) is 2.43. The van der Waals surface area contributed by atoms with Gasteiger partial charge in [-0.2, -0.15) is 13.2 Å². The molecule has 9 heteroatoms. The molecule has 0 aliphatic carbocycles. The van der Waals surface area contributed by atoms with Crippen LogP contribution in [0, 0.1) is 0 Å². The number of piperazine rings is 1. The Kier molecular flexibility index (Phi) is 6.41. The number of nitrogens with zero attached hydrogens (tertiary/aromatic N) is 1. The zero-order valence-corrected chi connectivity index (χ0v) is 12.0. The Balaban J connectivity index is 2.65. The average molecular weight is 311 g/mol. The van der Waals surface area contributed by atoms with E-state index in [9.17, 15) is 22.8 Å². The zero-order chi connectivity index (χ0) is 16.0. The second kappa shape index (κ2) is 7.60. The fourth-order valence-electron chi connectivity index (χ4n) is 2.13. The molecule has 122 valence electrons. The first-order valence-electron chi connectivity index (χ1n) is 6.73. The van der Waals surface area contributed by atoms with Crippen molar-refractivity contribution in [3.8, 4) is 0 Å². The minimum Gasteiger partial charge on any atom is -0.465 e. The SMILES string of the molecule is CCOC(=O)C1CNCCN1C(C)C(=O)NCC(F)(F)F. The van der Waals surface area contributed by atoms with Crippen LogP contribution >= 0.6 is 0 Å². The molecule has 2 atom stereocenters. The molecule has 2 N–H and O–H groups in total. The highest BCUT2D eigenvalue weighted by Gasteiger charge is 2.36. The molecule has 0 spiro atoms. The van der Waals surface area contributed by atoms with Gasteiger partial charge in [0.2, 0.25) is 5.91 Å². The van der Waals surface area contributed by atoms with Crippen molar-refractivity contribution in [2.75, 3.05) is 32.8 Å². The Morgan fingerprint density at radius 1 is 1.48 bits per heavy atom. The van der Waals surface area contributed by atoms with Crippen molar-refractivity contribution in [2.24, 2.45) is 0 Å². The van der Waals surface area contributed by atoms with Crippen LogP contribution < -0.4 is 10.6 Å². The van der Waals surface area contributed by atoms with Gasteiger partial charge < -0.3 is 15.4 Å². The summed E-state index contributed by atoms with van der Waals surface area (Å²) in [7, 11) is 0. The molecule has 0 radical (unpaired) electrons. The summed E-state index contributed by atoms with van der Waals surface area (Å²) in [6.07, 6.45) is -4.46. The minimum atomic E-state index is -4.46. The smallest absolute Gasteiger partial charge is 0.405 e. The molecule has 2 unspecified atom stereocenters. The molecule has 1 aliphatic rings. The third-order valence-corrected chi connectivity index (χ3v) is 3.18. The van der Waals surface area contributed by atoms with Gasteiger partial charge in [0.25, 0.3) is 0 Å². The number of carbonyl (C=O) groups is 2. The number of nitrogens with one attached hydrogen (secondary N) is 2. The van der Waals surface area contributed by atoms with Gasteiger partial charge in [0.1, 0.15) is 12.6 Å². The number of ether oxygens (including phenoxy) is 1. The van der Waals surface area contributed by atoms with E-state index in [1.165, 1.54) is 6.92 Å². The molecule has 0 aromatic heterocycles. The Bertz CT molecular complexity index is 376. The molecule has 0 saturated carbocycles. The van der Waals surface area contributed by atoms with Gasteiger partial charge in [-0.05, 0) is 13.8 Å². The highest BCUT2D eigenvalue weighted by atomic mass is 19.4. The molecule has 0 aromatic carbocycles. The van der Waals surface area contributed by atoms with Crippen LogP contribution in [0.25, 0.3) is 0 Å². The van der Waals surface area contributed by atoms with Crippen LogP contribution in [0.15, 0.2) is 0 Å². The van der Waals surface area contributed by atoms with Crippen molar-refractivity contribution in [1.82, 2.24) is 15.5 Å². The van der Waals surface area contributed by atoms with Crippen molar-refractivity contribution in [1.29, 1.82) is 0 Å². The Morgan fingerprint density at radius 3 is 2.71 bits per heavy atom. The summed E-state index contributed by atoms with van der Waals surface area (Å²) in [5, 5.41) is 4.83. The lowest BCUT2D eigenvalue weighted by Crippen LogP contribution is -2.61. The van der Waals surface area contributed by atoms with E-state index in [4.69, 9.17) is 4.74 Å². The lowest BCUT2D eigenvalue weighted by molar-refractivity contribution is -0.153. The molecule has 0 aromatic rings. The third kappa shape index (κ3) is 5.50. The molecule has 21 heavy (non-hydrogen) atoms. The van der Waals surface area contributed by atoms with Crippen LogP contribution in [0.2, 0.25) is 0 Å². The first-order valence-corrected chi connectivity index (χ1v) is 6.73. The number of hydrogen-bond acceptors (Lipinski definition) is 5. The van der Waals surface area contributed by atoms with Gasteiger partial charge in [0.15, 0.2) is 0 Å². The molecule has 6 nitrogen and oxygen atoms in total. The summed E-state index contributed by atoms with van der Waals surface area (Å²) < 4.78 is 41.3. The topological polar surface area (TPSA) is 70.7 Å². The monoisotopic (exact) mass is 311 g/mol. The van der Waals surface area contributed by atoms with Gasteiger partial charge in [-0.15, -0.1) is 0 Å². The molecule has 1 heterocycles. The summed E-state index contributed by atoms with van der Waals surface area (Å²) in [6, 6.07) is -1.52. The minimum absolute atomic E-state index is 0.206. The van der Waals surface area contributed by atoms with E-state index in [-0.39, 0.29) is 6.61 Å². The van der Waals surface area contributed by atoms with E-state index < -0.39 is 36.7 Å². The van der Waals surface area contributed by atoms with Crippen molar-refractivity contribution < 1.29 is 27.5 Å². The maximum Gasteiger partial charge on any atom is 0.405 e. The summed E-state index contributed by atoms with van der Waals surface area (Å²) >= 11 is 0. The zero-order valence-electron chi connectivity index (χ0n) is 12.0. The van der Waals surface area contributed by atoms with Crippen molar-refractivity contribution in [3.63, 3.8) is 0 Å². The second-order valence-corrected chi connectivity index (χ2v) is 4.72. The number of hydrogen-bond donors (Lipinski definition) is 2.